The number of piperidine rings is 1. The minimum Gasteiger partial charge on any atom is -0.353 e. The number of amides is 2. The average Bonchev–Trinajstić information content (AvgIpc) is 2.55. The van der Waals surface area contributed by atoms with Crippen LogP contribution in [0.2, 0.25) is 0 Å². The lowest BCUT2D eigenvalue weighted by molar-refractivity contribution is -0.133. The van der Waals surface area contributed by atoms with Crippen molar-refractivity contribution >= 4 is 11.8 Å². The topological polar surface area (TPSA) is 75.4 Å². The third kappa shape index (κ3) is 5.47. The second kappa shape index (κ2) is 8.84. The quantitative estimate of drug-likeness (QED) is 0.781. The van der Waals surface area contributed by atoms with E-state index < -0.39 is 0 Å². The van der Waals surface area contributed by atoms with Crippen molar-refractivity contribution in [1.82, 2.24) is 10.2 Å². The van der Waals surface area contributed by atoms with Gasteiger partial charge in [0.15, 0.2) is 0 Å². The molecule has 5 nitrogen and oxygen atoms in total. The van der Waals surface area contributed by atoms with Gasteiger partial charge in [-0.1, -0.05) is 33.1 Å². The van der Waals surface area contributed by atoms with E-state index in [1.807, 2.05) is 4.90 Å². The Kier molecular flexibility index (Phi) is 7.08. The number of nitrogens with zero attached hydrogens (tertiary/aromatic N) is 1. The van der Waals surface area contributed by atoms with E-state index in [4.69, 9.17) is 5.73 Å². The molecule has 138 valence electrons. The van der Waals surface area contributed by atoms with Gasteiger partial charge in [-0.3, -0.25) is 9.59 Å². The van der Waals surface area contributed by atoms with Crippen molar-refractivity contribution in [2.24, 2.45) is 17.1 Å². The van der Waals surface area contributed by atoms with E-state index >= 15 is 0 Å². The van der Waals surface area contributed by atoms with E-state index in [1.165, 1.54) is 19.3 Å². The lowest BCUT2D eigenvalue weighted by Crippen LogP contribution is -2.48. The molecule has 1 saturated heterocycles. The third-order valence-corrected chi connectivity index (χ3v) is 5.68. The van der Waals surface area contributed by atoms with Crippen LogP contribution in [0.3, 0.4) is 0 Å². The number of nitrogens with two attached hydrogens (primary N) is 1. The Morgan fingerprint density at radius 2 is 1.79 bits per heavy atom. The summed E-state index contributed by atoms with van der Waals surface area (Å²) in [5.41, 5.74) is 6.01. The highest BCUT2D eigenvalue weighted by Gasteiger charge is 2.34. The summed E-state index contributed by atoms with van der Waals surface area (Å²) in [6.45, 7) is 6.28. The van der Waals surface area contributed by atoms with E-state index in [0.29, 0.717) is 25.3 Å². The molecule has 0 aromatic rings. The Balaban J connectivity index is 1.75. The van der Waals surface area contributed by atoms with Crippen molar-refractivity contribution in [1.29, 1.82) is 0 Å². The van der Waals surface area contributed by atoms with E-state index in [2.05, 4.69) is 19.2 Å². The van der Waals surface area contributed by atoms with Gasteiger partial charge in [0.05, 0.1) is 0 Å². The molecule has 3 N–H and O–H groups in total. The summed E-state index contributed by atoms with van der Waals surface area (Å²) in [7, 11) is 0. The minimum absolute atomic E-state index is 0.0241. The van der Waals surface area contributed by atoms with E-state index in [1.54, 1.807) is 0 Å². The van der Waals surface area contributed by atoms with Crippen LogP contribution in [-0.4, -0.2) is 42.4 Å². The standard InChI is InChI=1S/C19H35N3O2/c1-15(2)12-18(24)22-10-6-16(7-11-22)21-17(23)13-19(14-20)8-4-3-5-9-19/h15-16H,3-14,20H2,1-2H3,(H,21,23). The molecular weight excluding hydrogens is 302 g/mol. The first-order chi connectivity index (χ1) is 11.4. The first-order valence-corrected chi connectivity index (χ1v) is 9.71. The fourth-order valence-corrected chi connectivity index (χ4v) is 4.13. The van der Waals surface area contributed by atoms with E-state index in [0.717, 1.165) is 38.8 Å². The van der Waals surface area contributed by atoms with Gasteiger partial charge in [0, 0.05) is 32.0 Å². The molecule has 5 heteroatoms. The maximum absolute atomic E-state index is 12.5. The SMILES string of the molecule is CC(C)CC(=O)N1CCC(NC(=O)CC2(CN)CCCCC2)CC1. The van der Waals surface area contributed by atoms with Crippen molar-refractivity contribution in [3.8, 4) is 0 Å². The highest BCUT2D eigenvalue weighted by atomic mass is 16.2. The molecule has 1 heterocycles. The zero-order valence-electron chi connectivity index (χ0n) is 15.5. The normalized spacial score (nSPS) is 21.8. The maximum atomic E-state index is 12.5. The van der Waals surface area contributed by atoms with Gasteiger partial charge in [-0.15, -0.1) is 0 Å². The molecule has 2 amide bonds. The van der Waals surface area contributed by atoms with Crippen LogP contribution in [0.15, 0.2) is 0 Å². The largest absolute Gasteiger partial charge is 0.353 e. The van der Waals surface area contributed by atoms with Crippen molar-refractivity contribution in [3.63, 3.8) is 0 Å². The number of hydrogen-bond donors (Lipinski definition) is 2. The van der Waals surface area contributed by atoms with Gasteiger partial charge in [0.25, 0.3) is 0 Å². The molecule has 24 heavy (non-hydrogen) atoms. The molecule has 2 fully saturated rings. The van der Waals surface area contributed by atoms with Gasteiger partial charge < -0.3 is 16.0 Å². The molecule has 1 aliphatic carbocycles. The predicted octanol–water partition coefficient (Wildman–Crippen LogP) is 2.44. The predicted molar refractivity (Wildman–Crippen MR) is 96.4 cm³/mol. The van der Waals surface area contributed by atoms with Crippen LogP contribution in [0.1, 0.15) is 71.6 Å². The molecule has 0 aromatic carbocycles. The lowest BCUT2D eigenvalue weighted by atomic mass is 9.71. The van der Waals surface area contributed by atoms with Crippen LogP contribution in [0.5, 0.6) is 0 Å². The van der Waals surface area contributed by atoms with Gasteiger partial charge in [-0.05, 0) is 43.6 Å². The minimum atomic E-state index is 0.0241. The molecule has 0 aromatic heterocycles. The fourth-order valence-electron chi connectivity index (χ4n) is 4.13. The van der Waals surface area contributed by atoms with E-state index in [9.17, 15) is 9.59 Å². The van der Waals surface area contributed by atoms with Crippen LogP contribution in [0.25, 0.3) is 0 Å². The second-order valence-corrected chi connectivity index (χ2v) is 8.26. The van der Waals surface area contributed by atoms with Crippen LogP contribution in [-0.2, 0) is 9.59 Å². The molecule has 1 aliphatic heterocycles. The summed E-state index contributed by atoms with van der Waals surface area (Å²) >= 11 is 0. The van der Waals surface area contributed by atoms with Gasteiger partial charge >= 0.3 is 0 Å². The highest BCUT2D eigenvalue weighted by Crippen LogP contribution is 2.38. The van der Waals surface area contributed by atoms with Crippen LogP contribution < -0.4 is 11.1 Å². The summed E-state index contributed by atoms with van der Waals surface area (Å²) in [5.74, 6) is 0.797. The van der Waals surface area contributed by atoms with Crippen molar-refractivity contribution in [2.45, 2.75) is 77.7 Å². The Bertz CT molecular complexity index is 422. The first-order valence-electron chi connectivity index (χ1n) is 9.71. The van der Waals surface area contributed by atoms with Gasteiger partial charge in [-0.2, -0.15) is 0 Å². The van der Waals surface area contributed by atoms with Crippen molar-refractivity contribution in [2.75, 3.05) is 19.6 Å². The van der Waals surface area contributed by atoms with E-state index in [-0.39, 0.29) is 23.3 Å². The molecule has 0 atom stereocenters. The summed E-state index contributed by atoms with van der Waals surface area (Å²) in [6.07, 6.45) is 8.74. The Morgan fingerprint density at radius 1 is 1.17 bits per heavy atom. The molecular formula is C19H35N3O2. The summed E-state index contributed by atoms with van der Waals surface area (Å²) in [4.78, 5) is 26.5. The Hall–Kier alpha value is -1.10. The number of carbonyl (C=O) groups is 2. The zero-order valence-corrected chi connectivity index (χ0v) is 15.5. The van der Waals surface area contributed by atoms with Gasteiger partial charge in [0.1, 0.15) is 0 Å². The molecule has 0 unspecified atom stereocenters. The lowest BCUT2D eigenvalue weighted by Gasteiger charge is -2.37. The number of nitrogens with one attached hydrogen (secondary N) is 1. The Morgan fingerprint density at radius 3 is 2.33 bits per heavy atom. The van der Waals surface area contributed by atoms with Crippen LogP contribution in [0, 0.1) is 11.3 Å². The molecule has 1 saturated carbocycles. The molecule has 0 bridgehead atoms. The van der Waals surface area contributed by atoms with Crippen LogP contribution >= 0.6 is 0 Å². The van der Waals surface area contributed by atoms with Crippen molar-refractivity contribution in [3.05, 3.63) is 0 Å². The maximum Gasteiger partial charge on any atom is 0.222 e. The fraction of sp³-hybridized carbons (Fsp3) is 0.895. The monoisotopic (exact) mass is 337 g/mol. The highest BCUT2D eigenvalue weighted by molar-refractivity contribution is 5.78. The summed E-state index contributed by atoms with van der Waals surface area (Å²) < 4.78 is 0. The molecule has 2 rings (SSSR count). The van der Waals surface area contributed by atoms with Crippen molar-refractivity contribution < 1.29 is 9.59 Å². The van der Waals surface area contributed by atoms with Gasteiger partial charge in [-0.25, -0.2) is 0 Å². The Labute approximate surface area is 146 Å². The summed E-state index contributed by atoms with van der Waals surface area (Å²) in [6, 6.07) is 0.207. The molecule has 0 spiro atoms. The average molecular weight is 338 g/mol. The zero-order chi connectivity index (χ0) is 17.6. The second-order valence-electron chi connectivity index (χ2n) is 8.26. The summed E-state index contributed by atoms with van der Waals surface area (Å²) in [5, 5.41) is 3.19. The number of carbonyl (C=O) groups excluding carboxylic acids is 2. The first kappa shape index (κ1) is 19.2. The number of likely N-dealkylation sites (tertiary alicyclic amines) is 1. The number of hydrogen-bond acceptors (Lipinski definition) is 3. The van der Waals surface area contributed by atoms with Crippen LogP contribution in [0.4, 0.5) is 0 Å². The molecule has 0 radical (unpaired) electrons. The van der Waals surface area contributed by atoms with Gasteiger partial charge in [0.2, 0.25) is 11.8 Å². The third-order valence-electron chi connectivity index (χ3n) is 5.68. The smallest absolute Gasteiger partial charge is 0.222 e. The molecule has 2 aliphatic rings. The number of rotatable bonds is 6.